The lowest BCUT2D eigenvalue weighted by Gasteiger charge is -2.16. The number of ether oxygens (including phenoxy) is 1. The van der Waals surface area contributed by atoms with Gasteiger partial charge in [0.25, 0.3) is 0 Å². The molecular formula is C18H26O2. The van der Waals surface area contributed by atoms with E-state index in [0.29, 0.717) is 18.4 Å². The number of carbonyl (C=O) groups is 1. The Balaban J connectivity index is 0.000000131. The molecule has 0 aliphatic heterocycles. The molecule has 2 nitrogen and oxygen atoms in total. The first-order chi connectivity index (χ1) is 9.61. The number of hydrogen-bond acceptors (Lipinski definition) is 2. The lowest BCUT2D eigenvalue weighted by molar-refractivity contribution is -0.142. The third-order valence-corrected chi connectivity index (χ3v) is 5.53. The Morgan fingerprint density at radius 3 is 2.00 bits per heavy atom. The second-order valence-corrected chi connectivity index (χ2v) is 7.10. The highest BCUT2D eigenvalue weighted by Crippen LogP contribution is 2.43. The zero-order valence-electron chi connectivity index (χ0n) is 12.6. The zero-order valence-corrected chi connectivity index (χ0v) is 12.6. The van der Waals surface area contributed by atoms with Gasteiger partial charge in [-0.3, -0.25) is 4.79 Å². The van der Waals surface area contributed by atoms with Gasteiger partial charge in [0, 0.05) is 6.92 Å². The minimum absolute atomic E-state index is 0.151. The van der Waals surface area contributed by atoms with Gasteiger partial charge in [-0.2, -0.15) is 0 Å². The van der Waals surface area contributed by atoms with Crippen LogP contribution in [0.25, 0.3) is 0 Å². The normalized spacial score (nSPS) is 42.7. The Labute approximate surface area is 122 Å². The third kappa shape index (κ3) is 2.99. The number of rotatable bonds is 2. The smallest absolute Gasteiger partial charge is 0.302 e. The molecule has 0 radical (unpaired) electrons. The molecule has 0 amide bonds. The average Bonchev–Trinajstić information content (AvgIpc) is 3.16. The summed E-state index contributed by atoms with van der Waals surface area (Å²) in [6.07, 6.45) is 14.8. The summed E-state index contributed by atoms with van der Waals surface area (Å²) < 4.78 is 5.01. The molecule has 0 aromatic carbocycles. The van der Waals surface area contributed by atoms with Crippen LogP contribution in [-0.2, 0) is 9.53 Å². The maximum absolute atomic E-state index is 10.6. The summed E-state index contributed by atoms with van der Waals surface area (Å²) >= 11 is 0. The summed E-state index contributed by atoms with van der Waals surface area (Å²) in [4.78, 5) is 10.6. The van der Waals surface area contributed by atoms with Gasteiger partial charge in [0.2, 0.25) is 0 Å². The van der Waals surface area contributed by atoms with E-state index in [0.717, 1.165) is 23.7 Å². The first-order valence-electron chi connectivity index (χ1n) is 8.12. The highest BCUT2D eigenvalue weighted by atomic mass is 16.5. The van der Waals surface area contributed by atoms with Gasteiger partial charge >= 0.3 is 5.97 Å². The van der Waals surface area contributed by atoms with Crippen LogP contribution < -0.4 is 0 Å². The molecule has 6 atom stereocenters. The number of hydrogen-bond donors (Lipinski definition) is 0. The van der Waals surface area contributed by atoms with E-state index in [4.69, 9.17) is 4.74 Å². The molecule has 2 heteroatoms. The molecule has 0 spiro atoms. The van der Waals surface area contributed by atoms with E-state index in [1.54, 1.807) is 0 Å². The van der Waals surface area contributed by atoms with Crippen LogP contribution in [0.4, 0.5) is 0 Å². The van der Waals surface area contributed by atoms with Crippen molar-refractivity contribution in [1.29, 1.82) is 0 Å². The van der Waals surface area contributed by atoms with E-state index in [1.165, 1.54) is 32.6 Å². The van der Waals surface area contributed by atoms with E-state index in [9.17, 15) is 4.79 Å². The average molecular weight is 274 g/mol. The standard InChI is InChI=1S/C10H14O2.C8H12/c1-7(11)12-6-10-5-8-2-3-9(10)4-8;1-6-4-7-2-3-8(6)5-7/h2-3,8-10H,4-6H2,1H3;2-3,6-8H,4-5H2,1H3. The number of fused-ring (bicyclic) bond motifs is 4. The predicted molar refractivity (Wildman–Crippen MR) is 80.0 cm³/mol. The van der Waals surface area contributed by atoms with Crippen molar-refractivity contribution in [2.75, 3.05) is 6.61 Å². The SMILES string of the molecule is CC(=O)OCC1CC2C=CC1C2.CC1CC2C=CC1C2. The molecule has 20 heavy (non-hydrogen) atoms. The molecule has 0 aromatic heterocycles. The Morgan fingerprint density at radius 1 is 1.00 bits per heavy atom. The van der Waals surface area contributed by atoms with Gasteiger partial charge in [0.1, 0.15) is 0 Å². The minimum Gasteiger partial charge on any atom is -0.466 e. The number of allylic oxidation sites excluding steroid dienone is 4. The van der Waals surface area contributed by atoms with E-state index < -0.39 is 0 Å². The summed E-state index contributed by atoms with van der Waals surface area (Å²) in [5.74, 6) is 4.83. The van der Waals surface area contributed by atoms with Gasteiger partial charge in [0.05, 0.1) is 6.61 Å². The van der Waals surface area contributed by atoms with Crippen LogP contribution in [0.2, 0.25) is 0 Å². The first-order valence-corrected chi connectivity index (χ1v) is 8.12. The topological polar surface area (TPSA) is 26.3 Å². The summed E-state index contributed by atoms with van der Waals surface area (Å²) in [5, 5.41) is 0. The summed E-state index contributed by atoms with van der Waals surface area (Å²) in [7, 11) is 0. The van der Waals surface area contributed by atoms with E-state index in [2.05, 4.69) is 31.2 Å². The van der Waals surface area contributed by atoms with E-state index in [-0.39, 0.29) is 5.97 Å². The molecule has 110 valence electrons. The lowest BCUT2D eigenvalue weighted by Crippen LogP contribution is -2.16. The van der Waals surface area contributed by atoms with Crippen molar-refractivity contribution in [2.24, 2.45) is 35.5 Å². The van der Waals surface area contributed by atoms with Crippen molar-refractivity contribution in [1.82, 2.24) is 0 Å². The Bertz CT molecular complexity index is 423. The van der Waals surface area contributed by atoms with Crippen molar-refractivity contribution in [3.63, 3.8) is 0 Å². The fourth-order valence-corrected chi connectivity index (χ4v) is 4.37. The molecule has 4 aliphatic carbocycles. The summed E-state index contributed by atoms with van der Waals surface area (Å²) in [6.45, 7) is 4.47. The van der Waals surface area contributed by atoms with Gasteiger partial charge in [-0.15, -0.1) is 0 Å². The predicted octanol–water partition coefficient (Wildman–Crippen LogP) is 3.98. The largest absolute Gasteiger partial charge is 0.466 e. The molecule has 4 bridgehead atoms. The van der Waals surface area contributed by atoms with Gasteiger partial charge in [-0.05, 0) is 61.2 Å². The fraction of sp³-hybridized carbons (Fsp3) is 0.722. The molecular weight excluding hydrogens is 248 g/mol. The summed E-state index contributed by atoms with van der Waals surface area (Å²) in [5.41, 5.74) is 0. The van der Waals surface area contributed by atoms with Crippen LogP contribution in [0, 0.1) is 35.5 Å². The molecule has 0 N–H and O–H groups in total. The monoisotopic (exact) mass is 274 g/mol. The van der Waals surface area contributed by atoms with E-state index in [1.807, 2.05) is 0 Å². The van der Waals surface area contributed by atoms with Crippen LogP contribution in [0.1, 0.15) is 39.5 Å². The van der Waals surface area contributed by atoms with Gasteiger partial charge < -0.3 is 4.74 Å². The molecule has 2 saturated carbocycles. The molecule has 0 aromatic rings. The number of esters is 1. The van der Waals surface area contributed by atoms with Crippen molar-refractivity contribution in [3.05, 3.63) is 24.3 Å². The molecule has 0 heterocycles. The number of carbonyl (C=O) groups excluding carboxylic acids is 1. The second kappa shape index (κ2) is 5.75. The second-order valence-electron chi connectivity index (χ2n) is 7.10. The minimum atomic E-state index is -0.151. The molecule has 4 rings (SSSR count). The van der Waals surface area contributed by atoms with Gasteiger partial charge in [0.15, 0.2) is 0 Å². The van der Waals surface area contributed by atoms with Crippen molar-refractivity contribution in [2.45, 2.75) is 39.5 Å². The zero-order chi connectivity index (χ0) is 14.1. The molecule has 4 aliphatic rings. The van der Waals surface area contributed by atoms with Crippen molar-refractivity contribution in [3.8, 4) is 0 Å². The highest BCUT2D eigenvalue weighted by molar-refractivity contribution is 5.65. The third-order valence-electron chi connectivity index (χ3n) is 5.53. The fourth-order valence-electron chi connectivity index (χ4n) is 4.37. The van der Waals surface area contributed by atoms with Gasteiger partial charge in [-0.1, -0.05) is 31.2 Å². The van der Waals surface area contributed by atoms with Crippen molar-refractivity contribution < 1.29 is 9.53 Å². The maximum Gasteiger partial charge on any atom is 0.302 e. The van der Waals surface area contributed by atoms with Crippen LogP contribution >= 0.6 is 0 Å². The highest BCUT2D eigenvalue weighted by Gasteiger charge is 2.36. The van der Waals surface area contributed by atoms with E-state index >= 15 is 0 Å². The Hall–Kier alpha value is -1.05. The first kappa shape index (κ1) is 13.9. The molecule has 6 unspecified atom stereocenters. The Morgan fingerprint density at radius 2 is 1.65 bits per heavy atom. The lowest BCUT2D eigenvalue weighted by atomic mass is 9.95. The summed E-state index contributed by atoms with van der Waals surface area (Å²) in [6, 6.07) is 0. The van der Waals surface area contributed by atoms with Crippen LogP contribution in [-0.4, -0.2) is 12.6 Å². The van der Waals surface area contributed by atoms with Gasteiger partial charge in [-0.25, -0.2) is 0 Å². The van der Waals surface area contributed by atoms with Crippen LogP contribution in [0.15, 0.2) is 24.3 Å². The molecule has 0 saturated heterocycles. The quantitative estimate of drug-likeness (QED) is 0.562. The van der Waals surface area contributed by atoms with Crippen LogP contribution in [0.5, 0.6) is 0 Å². The Kier molecular flexibility index (Phi) is 4.00. The van der Waals surface area contributed by atoms with Crippen LogP contribution in [0.3, 0.4) is 0 Å². The maximum atomic E-state index is 10.6. The molecule has 2 fully saturated rings. The van der Waals surface area contributed by atoms with Crippen molar-refractivity contribution >= 4 is 5.97 Å².